The van der Waals surface area contributed by atoms with Gasteiger partial charge in [0.1, 0.15) is 0 Å². The third-order valence-corrected chi connectivity index (χ3v) is 5.97. The molecule has 0 spiro atoms. The van der Waals surface area contributed by atoms with E-state index in [-0.39, 0.29) is 12.8 Å². The largest absolute Gasteiger partial charge is 0.315 e. The topological polar surface area (TPSA) is 0 Å². The van der Waals surface area contributed by atoms with E-state index in [4.69, 9.17) is 0 Å². The molecule has 0 rings (SSSR count). The molecule has 0 N–H and O–H groups in total. The first-order valence-electron chi connectivity index (χ1n) is 8.66. The van der Waals surface area contributed by atoms with Crippen molar-refractivity contribution >= 4 is 0 Å². The lowest BCUT2D eigenvalue weighted by molar-refractivity contribution is -0.291. The highest BCUT2D eigenvalue weighted by atomic mass is 19.3. The maximum atomic E-state index is 14.6. The van der Waals surface area contributed by atoms with Crippen molar-refractivity contribution in [3.05, 3.63) is 0 Å². The molecule has 0 amide bonds. The van der Waals surface area contributed by atoms with Gasteiger partial charge in [-0.05, 0) is 31.1 Å². The Morgan fingerprint density at radius 3 is 1.64 bits per heavy atom. The van der Waals surface area contributed by atoms with E-state index in [1.807, 2.05) is 0 Å². The van der Waals surface area contributed by atoms with Gasteiger partial charge in [0.15, 0.2) is 0 Å². The summed E-state index contributed by atoms with van der Waals surface area (Å²) in [6.07, 6.45) is 2.44. The Morgan fingerprint density at radius 2 is 1.27 bits per heavy atom. The van der Waals surface area contributed by atoms with Crippen molar-refractivity contribution in [1.82, 2.24) is 0 Å². The molecular formula is C18H34F4. The Labute approximate surface area is 134 Å². The summed E-state index contributed by atoms with van der Waals surface area (Å²) in [7, 11) is 0. The normalized spacial score (nSPS) is 18.1. The van der Waals surface area contributed by atoms with Crippen LogP contribution in [0.3, 0.4) is 0 Å². The van der Waals surface area contributed by atoms with Crippen LogP contribution in [0.25, 0.3) is 0 Å². The average Bonchev–Trinajstić information content (AvgIpc) is 2.49. The predicted octanol–water partition coefficient (Wildman–Crippen LogP) is 7.18. The van der Waals surface area contributed by atoms with Crippen molar-refractivity contribution in [3.8, 4) is 0 Å². The summed E-state index contributed by atoms with van der Waals surface area (Å²) in [5, 5.41) is 0. The van der Waals surface area contributed by atoms with E-state index < -0.39 is 29.1 Å². The zero-order chi connectivity index (χ0) is 17.8. The summed E-state index contributed by atoms with van der Waals surface area (Å²) in [6.45, 7) is 11.5. The molecule has 4 heteroatoms. The third kappa shape index (κ3) is 4.17. The van der Waals surface area contributed by atoms with Gasteiger partial charge in [0, 0.05) is 11.3 Å². The zero-order valence-corrected chi connectivity index (χ0v) is 15.3. The van der Waals surface area contributed by atoms with Crippen molar-refractivity contribution in [2.45, 2.75) is 92.4 Å². The molecule has 0 aliphatic heterocycles. The van der Waals surface area contributed by atoms with E-state index in [2.05, 4.69) is 13.8 Å². The van der Waals surface area contributed by atoms with Crippen LogP contribution in [0.2, 0.25) is 0 Å². The summed E-state index contributed by atoms with van der Waals surface area (Å²) in [6, 6.07) is 0. The molecule has 0 aliphatic carbocycles. The van der Waals surface area contributed by atoms with Crippen molar-refractivity contribution in [2.75, 3.05) is 0 Å². The fraction of sp³-hybridized carbons (Fsp3) is 1.00. The molecule has 22 heavy (non-hydrogen) atoms. The quantitative estimate of drug-likeness (QED) is 0.373. The van der Waals surface area contributed by atoms with Crippen molar-refractivity contribution < 1.29 is 17.6 Å². The molecule has 0 fully saturated rings. The second-order valence-electron chi connectivity index (χ2n) is 7.32. The maximum Gasteiger partial charge on any atom is 0.315 e. The van der Waals surface area contributed by atoms with Gasteiger partial charge in [-0.15, -0.1) is 0 Å². The van der Waals surface area contributed by atoms with Crippen LogP contribution < -0.4 is 0 Å². The van der Waals surface area contributed by atoms with Crippen LogP contribution in [0, 0.1) is 23.2 Å². The highest BCUT2D eigenvalue weighted by Gasteiger charge is 2.67. The minimum absolute atomic E-state index is 0.0417. The Morgan fingerprint density at radius 1 is 0.818 bits per heavy atom. The van der Waals surface area contributed by atoms with Gasteiger partial charge in [0.25, 0.3) is 0 Å². The minimum atomic E-state index is -3.99. The predicted molar refractivity (Wildman–Crippen MR) is 85.6 cm³/mol. The van der Waals surface area contributed by atoms with Crippen LogP contribution in [0.5, 0.6) is 0 Å². The molecule has 0 saturated carbocycles. The number of alkyl halides is 4. The summed E-state index contributed by atoms with van der Waals surface area (Å²) in [5.41, 5.74) is -1.67. The molecule has 0 heterocycles. The molecule has 0 aliphatic rings. The first kappa shape index (κ1) is 21.7. The molecule has 0 aromatic heterocycles. The van der Waals surface area contributed by atoms with Gasteiger partial charge in [-0.25, -0.2) is 0 Å². The SMILES string of the molecule is CCC(C)CCC(C)[C@H](C)C(F)(F)C(F)(F)C(C)(CC)CC. The summed E-state index contributed by atoms with van der Waals surface area (Å²) >= 11 is 0. The lowest BCUT2D eigenvalue weighted by Crippen LogP contribution is -2.56. The molecule has 3 atom stereocenters. The number of hydrogen-bond donors (Lipinski definition) is 0. The summed E-state index contributed by atoms with van der Waals surface area (Å²) < 4.78 is 58.3. The van der Waals surface area contributed by atoms with Crippen LogP contribution in [0.4, 0.5) is 17.6 Å². The standard InChI is InChI=1S/C18H34F4/c1-8-13(4)11-12-14(5)15(6)17(19,20)18(21,22)16(7,9-2)10-3/h13-15H,8-12H2,1-7H3/t13?,14?,15-/m0/s1. The zero-order valence-electron chi connectivity index (χ0n) is 15.3. The number of hydrogen-bond acceptors (Lipinski definition) is 0. The monoisotopic (exact) mass is 326 g/mol. The Kier molecular flexibility index (Phi) is 7.91. The van der Waals surface area contributed by atoms with E-state index in [0.717, 1.165) is 12.8 Å². The first-order chi connectivity index (χ1) is 9.91. The average molecular weight is 326 g/mol. The van der Waals surface area contributed by atoms with E-state index in [1.54, 1.807) is 20.8 Å². The highest BCUT2D eigenvalue weighted by molar-refractivity contribution is 5.00. The van der Waals surface area contributed by atoms with Crippen molar-refractivity contribution in [3.63, 3.8) is 0 Å². The van der Waals surface area contributed by atoms with Crippen molar-refractivity contribution in [2.24, 2.45) is 23.2 Å². The van der Waals surface area contributed by atoms with E-state index in [1.165, 1.54) is 13.8 Å². The van der Waals surface area contributed by atoms with Crippen LogP contribution >= 0.6 is 0 Å². The Bertz CT molecular complexity index is 321. The Balaban J connectivity index is 5.18. The summed E-state index contributed by atoms with van der Waals surface area (Å²) in [4.78, 5) is 0. The van der Waals surface area contributed by atoms with Gasteiger partial charge in [0.05, 0.1) is 0 Å². The van der Waals surface area contributed by atoms with Gasteiger partial charge < -0.3 is 0 Å². The van der Waals surface area contributed by atoms with Crippen LogP contribution in [0.15, 0.2) is 0 Å². The van der Waals surface area contributed by atoms with E-state index >= 15 is 0 Å². The molecule has 0 radical (unpaired) electrons. The van der Waals surface area contributed by atoms with Crippen LogP contribution in [-0.2, 0) is 0 Å². The van der Waals surface area contributed by atoms with Crippen molar-refractivity contribution in [1.29, 1.82) is 0 Å². The Hall–Kier alpha value is -0.280. The lowest BCUT2D eigenvalue weighted by Gasteiger charge is -2.44. The second kappa shape index (κ2) is 8.01. The molecule has 134 valence electrons. The highest BCUT2D eigenvalue weighted by Crippen LogP contribution is 2.55. The first-order valence-corrected chi connectivity index (χ1v) is 8.66. The van der Waals surface area contributed by atoms with Gasteiger partial charge in [-0.2, -0.15) is 17.6 Å². The van der Waals surface area contributed by atoms with Crippen LogP contribution in [0.1, 0.15) is 80.6 Å². The van der Waals surface area contributed by atoms with E-state index in [9.17, 15) is 17.6 Å². The molecular weight excluding hydrogens is 292 g/mol. The lowest BCUT2D eigenvalue weighted by atomic mass is 9.71. The van der Waals surface area contributed by atoms with Gasteiger partial charge in [-0.1, -0.05) is 61.3 Å². The van der Waals surface area contributed by atoms with Gasteiger partial charge >= 0.3 is 11.8 Å². The maximum absolute atomic E-state index is 14.6. The van der Waals surface area contributed by atoms with E-state index in [0.29, 0.717) is 12.3 Å². The molecule has 0 aromatic rings. The number of rotatable bonds is 10. The number of halogens is 4. The second-order valence-corrected chi connectivity index (χ2v) is 7.32. The molecule has 0 saturated heterocycles. The third-order valence-electron chi connectivity index (χ3n) is 5.97. The fourth-order valence-corrected chi connectivity index (χ4v) is 2.74. The molecule has 2 unspecified atom stereocenters. The van der Waals surface area contributed by atoms with Gasteiger partial charge in [-0.3, -0.25) is 0 Å². The molecule has 0 aromatic carbocycles. The smallest absolute Gasteiger partial charge is 0.200 e. The van der Waals surface area contributed by atoms with Crippen LogP contribution in [-0.4, -0.2) is 11.8 Å². The van der Waals surface area contributed by atoms with Gasteiger partial charge in [0.2, 0.25) is 0 Å². The molecule has 0 bridgehead atoms. The summed E-state index contributed by atoms with van der Waals surface area (Å²) in [5.74, 6) is -9.28. The minimum Gasteiger partial charge on any atom is -0.200 e. The fourth-order valence-electron chi connectivity index (χ4n) is 2.74. The molecule has 0 nitrogen and oxygen atoms in total.